The fourth-order valence-corrected chi connectivity index (χ4v) is 3.44. The van der Waals surface area contributed by atoms with E-state index in [1.165, 1.54) is 25.7 Å². The Balaban J connectivity index is 1.74. The molecule has 2 rings (SSSR count). The summed E-state index contributed by atoms with van der Waals surface area (Å²) in [7, 11) is 0. The van der Waals surface area contributed by atoms with Gasteiger partial charge in [-0.25, -0.2) is 0 Å². The van der Waals surface area contributed by atoms with Crippen molar-refractivity contribution in [2.75, 3.05) is 32.8 Å². The first-order valence-electron chi connectivity index (χ1n) is 8.89. The Morgan fingerprint density at radius 1 is 1.24 bits per heavy atom. The van der Waals surface area contributed by atoms with Gasteiger partial charge < -0.3 is 15.0 Å². The fraction of sp³-hybridized carbons (Fsp3) is 0.941. The van der Waals surface area contributed by atoms with Crippen LogP contribution in [0.3, 0.4) is 0 Å². The fourth-order valence-electron chi connectivity index (χ4n) is 3.44. The van der Waals surface area contributed by atoms with Gasteiger partial charge in [0.15, 0.2) is 0 Å². The molecule has 0 aliphatic carbocycles. The van der Waals surface area contributed by atoms with Crippen molar-refractivity contribution < 1.29 is 9.53 Å². The van der Waals surface area contributed by atoms with Gasteiger partial charge in [0.1, 0.15) is 0 Å². The number of nitrogens with zero attached hydrogens (tertiary/aromatic N) is 1. The molecule has 4 heteroatoms. The molecule has 2 aliphatic rings. The van der Waals surface area contributed by atoms with E-state index in [1.807, 2.05) is 0 Å². The standard InChI is InChI=1S/C17H32N2O2/c1-2-12-19(14-15-8-10-18-11-9-15)17(20)7-6-16-5-3-4-13-21-16/h15-16,18H,2-14H2,1H3. The molecule has 1 amide bonds. The van der Waals surface area contributed by atoms with Crippen molar-refractivity contribution in [2.45, 2.75) is 64.4 Å². The van der Waals surface area contributed by atoms with Crippen LogP contribution >= 0.6 is 0 Å². The molecule has 2 heterocycles. The molecule has 2 fully saturated rings. The normalized spacial score (nSPS) is 24.0. The third kappa shape index (κ3) is 5.95. The van der Waals surface area contributed by atoms with Gasteiger partial charge in [0.05, 0.1) is 6.10 Å². The molecule has 0 saturated carbocycles. The number of hydrogen-bond donors (Lipinski definition) is 1. The monoisotopic (exact) mass is 296 g/mol. The molecule has 0 aromatic rings. The summed E-state index contributed by atoms with van der Waals surface area (Å²) < 4.78 is 5.74. The highest BCUT2D eigenvalue weighted by Gasteiger charge is 2.22. The molecule has 1 N–H and O–H groups in total. The van der Waals surface area contributed by atoms with Crippen molar-refractivity contribution in [1.29, 1.82) is 0 Å². The summed E-state index contributed by atoms with van der Waals surface area (Å²) in [6.45, 7) is 7.12. The smallest absolute Gasteiger partial charge is 0.222 e. The lowest BCUT2D eigenvalue weighted by Crippen LogP contribution is -2.40. The van der Waals surface area contributed by atoms with Gasteiger partial charge in [-0.2, -0.15) is 0 Å². The molecule has 0 radical (unpaired) electrons. The van der Waals surface area contributed by atoms with Gasteiger partial charge in [-0.3, -0.25) is 4.79 Å². The molecule has 2 saturated heterocycles. The van der Waals surface area contributed by atoms with Crippen molar-refractivity contribution >= 4 is 5.91 Å². The molecule has 1 unspecified atom stereocenters. The van der Waals surface area contributed by atoms with Gasteiger partial charge in [0.25, 0.3) is 0 Å². The quantitative estimate of drug-likeness (QED) is 0.785. The summed E-state index contributed by atoms with van der Waals surface area (Å²) >= 11 is 0. The largest absolute Gasteiger partial charge is 0.378 e. The zero-order chi connectivity index (χ0) is 14.9. The summed E-state index contributed by atoms with van der Waals surface area (Å²) in [4.78, 5) is 14.6. The van der Waals surface area contributed by atoms with Crippen molar-refractivity contribution in [3.63, 3.8) is 0 Å². The number of amides is 1. The summed E-state index contributed by atoms with van der Waals surface area (Å²) in [5, 5.41) is 3.40. The van der Waals surface area contributed by atoms with E-state index in [2.05, 4.69) is 17.1 Å². The van der Waals surface area contributed by atoms with Crippen LogP contribution in [0.25, 0.3) is 0 Å². The lowest BCUT2D eigenvalue weighted by atomic mass is 9.97. The zero-order valence-corrected chi connectivity index (χ0v) is 13.6. The van der Waals surface area contributed by atoms with Crippen molar-refractivity contribution in [1.82, 2.24) is 10.2 Å². The Bertz CT molecular complexity index is 297. The number of carbonyl (C=O) groups excluding carboxylic acids is 1. The van der Waals surface area contributed by atoms with Gasteiger partial charge in [-0.1, -0.05) is 6.92 Å². The van der Waals surface area contributed by atoms with E-state index in [0.717, 1.165) is 52.0 Å². The van der Waals surface area contributed by atoms with Crippen molar-refractivity contribution in [3.8, 4) is 0 Å². The Morgan fingerprint density at radius 2 is 2.05 bits per heavy atom. The second-order valence-corrected chi connectivity index (χ2v) is 6.56. The average Bonchev–Trinajstić information content (AvgIpc) is 2.54. The van der Waals surface area contributed by atoms with Gasteiger partial charge in [-0.15, -0.1) is 0 Å². The van der Waals surface area contributed by atoms with E-state index in [4.69, 9.17) is 4.74 Å². The van der Waals surface area contributed by atoms with Crippen LogP contribution in [0.4, 0.5) is 0 Å². The Kier molecular flexibility index (Phi) is 7.51. The second kappa shape index (κ2) is 9.42. The average molecular weight is 296 g/mol. The van der Waals surface area contributed by atoms with E-state index in [9.17, 15) is 4.79 Å². The van der Waals surface area contributed by atoms with E-state index >= 15 is 0 Å². The molecule has 1 atom stereocenters. The first-order valence-corrected chi connectivity index (χ1v) is 8.89. The number of carbonyl (C=O) groups is 1. The Hall–Kier alpha value is -0.610. The van der Waals surface area contributed by atoms with E-state index < -0.39 is 0 Å². The maximum Gasteiger partial charge on any atom is 0.222 e. The van der Waals surface area contributed by atoms with Crippen molar-refractivity contribution in [2.24, 2.45) is 5.92 Å². The van der Waals surface area contributed by atoms with Crippen LogP contribution < -0.4 is 5.32 Å². The predicted molar refractivity (Wildman–Crippen MR) is 85.3 cm³/mol. The summed E-state index contributed by atoms with van der Waals surface area (Å²) in [5.74, 6) is 1.03. The highest BCUT2D eigenvalue weighted by atomic mass is 16.5. The van der Waals surface area contributed by atoms with Crippen LogP contribution in [0.15, 0.2) is 0 Å². The lowest BCUT2D eigenvalue weighted by Gasteiger charge is -2.30. The number of hydrogen-bond acceptors (Lipinski definition) is 3. The van der Waals surface area contributed by atoms with Crippen LogP contribution in [-0.2, 0) is 9.53 Å². The second-order valence-electron chi connectivity index (χ2n) is 6.56. The zero-order valence-electron chi connectivity index (χ0n) is 13.6. The summed E-state index contributed by atoms with van der Waals surface area (Å²) in [5.41, 5.74) is 0. The minimum atomic E-state index is 0.324. The Labute approximate surface area is 129 Å². The van der Waals surface area contributed by atoms with E-state index in [1.54, 1.807) is 0 Å². The van der Waals surface area contributed by atoms with Gasteiger partial charge in [0.2, 0.25) is 5.91 Å². The number of piperidine rings is 1. The Morgan fingerprint density at radius 3 is 2.71 bits per heavy atom. The first-order chi connectivity index (χ1) is 10.3. The molecule has 4 nitrogen and oxygen atoms in total. The van der Waals surface area contributed by atoms with Gasteiger partial charge in [0, 0.05) is 26.1 Å². The maximum absolute atomic E-state index is 12.5. The van der Waals surface area contributed by atoms with Crippen LogP contribution in [-0.4, -0.2) is 49.7 Å². The van der Waals surface area contributed by atoms with Crippen LogP contribution in [0, 0.1) is 5.92 Å². The van der Waals surface area contributed by atoms with E-state index in [-0.39, 0.29) is 0 Å². The first kappa shape index (κ1) is 16.8. The van der Waals surface area contributed by atoms with E-state index in [0.29, 0.717) is 24.3 Å². The number of rotatable bonds is 7. The number of nitrogens with one attached hydrogen (secondary N) is 1. The molecule has 0 aromatic heterocycles. The van der Waals surface area contributed by atoms with Crippen LogP contribution in [0.5, 0.6) is 0 Å². The molecular formula is C17H32N2O2. The minimum absolute atomic E-state index is 0.324. The van der Waals surface area contributed by atoms with Gasteiger partial charge in [-0.05, 0) is 64.0 Å². The van der Waals surface area contributed by atoms with Crippen molar-refractivity contribution in [3.05, 3.63) is 0 Å². The number of ether oxygens (including phenoxy) is 1. The minimum Gasteiger partial charge on any atom is -0.378 e. The molecular weight excluding hydrogens is 264 g/mol. The third-order valence-corrected chi connectivity index (χ3v) is 4.74. The van der Waals surface area contributed by atoms with Crippen LogP contribution in [0.2, 0.25) is 0 Å². The van der Waals surface area contributed by atoms with Gasteiger partial charge >= 0.3 is 0 Å². The SMILES string of the molecule is CCCN(CC1CCNCC1)C(=O)CCC1CCCCO1. The summed E-state index contributed by atoms with van der Waals surface area (Å²) in [6.07, 6.45) is 8.94. The third-order valence-electron chi connectivity index (χ3n) is 4.74. The highest BCUT2D eigenvalue weighted by Crippen LogP contribution is 2.19. The molecule has 0 spiro atoms. The molecule has 122 valence electrons. The maximum atomic E-state index is 12.5. The lowest BCUT2D eigenvalue weighted by molar-refractivity contribution is -0.133. The molecule has 0 aromatic carbocycles. The molecule has 2 aliphatic heterocycles. The van der Waals surface area contributed by atoms with Crippen LogP contribution in [0.1, 0.15) is 58.3 Å². The molecule has 0 bridgehead atoms. The molecule has 21 heavy (non-hydrogen) atoms. The highest BCUT2D eigenvalue weighted by molar-refractivity contribution is 5.76. The predicted octanol–water partition coefficient (Wildman–Crippen LogP) is 2.57. The summed E-state index contributed by atoms with van der Waals surface area (Å²) in [6, 6.07) is 0. The topological polar surface area (TPSA) is 41.6 Å².